The number of nitrogens with zero attached hydrogens (tertiary/aromatic N) is 4. The highest BCUT2D eigenvalue weighted by Gasteiger charge is 2.54. The topological polar surface area (TPSA) is 62.5 Å². The molecule has 1 aromatic heterocycles. The lowest BCUT2D eigenvalue weighted by molar-refractivity contribution is -0.137. The molecule has 1 aliphatic carbocycles. The fourth-order valence-corrected chi connectivity index (χ4v) is 3.91. The third-order valence-electron chi connectivity index (χ3n) is 5.58. The second kappa shape index (κ2) is 5.95. The molecule has 2 aromatic rings. The summed E-state index contributed by atoms with van der Waals surface area (Å²) in [4.78, 5) is 21.9. The van der Waals surface area contributed by atoms with E-state index >= 15 is 0 Å². The highest BCUT2D eigenvalue weighted by molar-refractivity contribution is 5.91. The van der Waals surface area contributed by atoms with Gasteiger partial charge in [-0.1, -0.05) is 29.4 Å². The second-order valence-corrected chi connectivity index (χ2v) is 7.32. The van der Waals surface area contributed by atoms with Crippen LogP contribution in [0.5, 0.6) is 0 Å². The lowest BCUT2D eigenvalue weighted by Gasteiger charge is -2.39. The minimum Gasteiger partial charge on any atom is -0.339 e. The van der Waals surface area contributed by atoms with Crippen molar-refractivity contribution in [2.24, 2.45) is 0 Å². The molecule has 2 aliphatic rings. The Labute approximate surface area is 147 Å². The highest BCUT2D eigenvalue weighted by atomic mass is 16.5. The van der Waals surface area contributed by atoms with Gasteiger partial charge in [0.05, 0.1) is 5.41 Å². The summed E-state index contributed by atoms with van der Waals surface area (Å²) < 4.78 is 5.37. The van der Waals surface area contributed by atoms with Crippen molar-refractivity contribution in [3.05, 3.63) is 47.1 Å². The molecule has 0 radical (unpaired) electrons. The van der Waals surface area contributed by atoms with Crippen molar-refractivity contribution in [3.63, 3.8) is 0 Å². The summed E-state index contributed by atoms with van der Waals surface area (Å²) in [5, 5.41) is 3.90. The first-order valence-corrected chi connectivity index (χ1v) is 8.87. The predicted octanol–water partition coefficient (Wildman–Crippen LogP) is 2.23. The van der Waals surface area contributed by atoms with Gasteiger partial charge < -0.3 is 9.42 Å². The summed E-state index contributed by atoms with van der Waals surface area (Å²) in [6, 6.07) is 8.23. The van der Waals surface area contributed by atoms with Crippen LogP contribution in [-0.2, 0) is 10.2 Å². The van der Waals surface area contributed by atoms with Gasteiger partial charge in [0.25, 0.3) is 0 Å². The Kier molecular flexibility index (Phi) is 3.87. The lowest BCUT2D eigenvalue weighted by Crippen LogP contribution is -2.52. The molecule has 0 bridgehead atoms. The minimum atomic E-state index is -0.323. The maximum atomic E-state index is 13.4. The molecule has 1 aromatic carbocycles. The smallest absolute Gasteiger partial charge is 0.245 e. The van der Waals surface area contributed by atoms with E-state index in [1.807, 2.05) is 31.0 Å². The van der Waals surface area contributed by atoms with Crippen LogP contribution in [0.4, 0.5) is 0 Å². The quantitative estimate of drug-likeness (QED) is 0.857. The third-order valence-corrected chi connectivity index (χ3v) is 5.58. The van der Waals surface area contributed by atoms with Crippen LogP contribution in [0.25, 0.3) is 0 Å². The van der Waals surface area contributed by atoms with Gasteiger partial charge in [-0.05, 0) is 44.9 Å². The van der Waals surface area contributed by atoms with Gasteiger partial charge in [0.1, 0.15) is 6.04 Å². The number of amides is 1. The molecule has 2 heterocycles. The highest BCUT2D eigenvalue weighted by Crippen LogP contribution is 2.51. The predicted molar refractivity (Wildman–Crippen MR) is 93.1 cm³/mol. The minimum absolute atomic E-state index is 0.0356. The molecule has 1 amide bonds. The second-order valence-electron chi connectivity index (χ2n) is 7.32. The van der Waals surface area contributed by atoms with Gasteiger partial charge in [-0.25, -0.2) is 0 Å². The van der Waals surface area contributed by atoms with Crippen molar-refractivity contribution in [2.45, 2.75) is 38.1 Å². The summed E-state index contributed by atoms with van der Waals surface area (Å²) >= 11 is 0. The zero-order valence-corrected chi connectivity index (χ0v) is 15.0. The summed E-state index contributed by atoms with van der Waals surface area (Å²) in [6.07, 6.45) is 1.88. The van der Waals surface area contributed by atoms with Crippen molar-refractivity contribution in [3.8, 4) is 0 Å². The first-order valence-electron chi connectivity index (χ1n) is 8.87. The maximum absolute atomic E-state index is 13.4. The molecule has 2 fully saturated rings. The maximum Gasteiger partial charge on any atom is 0.245 e. The molecule has 1 atom stereocenters. The van der Waals surface area contributed by atoms with E-state index in [9.17, 15) is 4.79 Å². The van der Waals surface area contributed by atoms with Crippen LogP contribution >= 0.6 is 0 Å². The van der Waals surface area contributed by atoms with E-state index in [2.05, 4.69) is 34.1 Å². The summed E-state index contributed by atoms with van der Waals surface area (Å²) in [5.74, 6) is 1.47. The molecular weight excluding hydrogens is 316 g/mol. The Morgan fingerprint density at radius 1 is 1.24 bits per heavy atom. The molecule has 6 nitrogen and oxygen atoms in total. The Hall–Kier alpha value is -2.21. The van der Waals surface area contributed by atoms with Crippen LogP contribution in [0.3, 0.4) is 0 Å². The van der Waals surface area contributed by atoms with Crippen molar-refractivity contribution in [1.82, 2.24) is 19.9 Å². The normalized spacial score (nSPS) is 22.8. The van der Waals surface area contributed by atoms with Gasteiger partial charge in [-0.15, -0.1) is 0 Å². The fourth-order valence-electron chi connectivity index (χ4n) is 3.91. The van der Waals surface area contributed by atoms with E-state index in [0.29, 0.717) is 18.3 Å². The molecule has 6 heteroatoms. The molecular formula is C19H24N4O2. The van der Waals surface area contributed by atoms with E-state index in [1.165, 1.54) is 11.1 Å². The van der Waals surface area contributed by atoms with Crippen LogP contribution < -0.4 is 0 Å². The molecule has 0 spiro atoms. The number of likely N-dealkylation sites (N-methyl/N-ethyl adjacent to an activating group) is 1. The average Bonchev–Trinajstić information content (AvgIpc) is 3.30. The monoisotopic (exact) mass is 340 g/mol. The standard InChI is InChI=1S/C19H24N4O2/c1-13-6-4-5-7-15(13)19(8-9-19)18(24)23-11-10-22(3)16(12-23)17-20-14(2)21-25-17/h4-7,16H,8-12H2,1-3H3. The van der Waals surface area contributed by atoms with Gasteiger partial charge >= 0.3 is 0 Å². The van der Waals surface area contributed by atoms with Crippen molar-refractivity contribution in [1.29, 1.82) is 0 Å². The molecule has 1 saturated carbocycles. The van der Waals surface area contributed by atoms with Crippen LogP contribution in [0, 0.1) is 13.8 Å². The zero-order chi connectivity index (χ0) is 17.6. The van der Waals surface area contributed by atoms with Gasteiger partial charge in [-0.2, -0.15) is 4.98 Å². The van der Waals surface area contributed by atoms with E-state index in [4.69, 9.17) is 4.52 Å². The van der Waals surface area contributed by atoms with Gasteiger partial charge in [-0.3, -0.25) is 9.69 Å². The Morgan fingerprint density at radius 3 is 2.64 bits per heavy atom. The van der Waals surface area contributed by atoms with Crippen molar-refractivity contribution < 1.29 is 9.32 Å². The zero-order valence-electron chi connectivity index (χ0n) is 15.0. The average molecular weight is 340 g/mol. The van der Waals surface area contributed by atoms with Crippen LogP contribution in [0.1, 0.15) is 41.7 Å². The fraction of sp³-hybridized carbons (Fsp3) is 0.526. The van der Waals surface area contributed by atoms with Gasteiger partial charge in [0.15, 0.2) is 5.82 Å². The molecule has 1 unspecified atom stereocenters. The first kappa shape index (κ1) is 16.3. The van der Waals surface area contributed by atoms with Gasteiger partial charge in [0.2, 0.25) is 11.8 Å². The number of piperazine rings is 1. The third kappa shape index (κ3) is 2.74. The number of benzene rings is 1. The Bertz CT molecular complexity index is 796. The number of hydrogen-bond acceptors (Lipinski definition) is 5. The molecule has 1 saturated heterocycles. The Balaban J connectivity index is 1.57. The van der Waals surface area contributed by atoms with E-state index in [0.717, 1.165) is 25.9 Å². The summed E-state index contributed by atoms with van der Waals surface area (Å²) in [6.45, 7) is 6.06. The summed E-state index contributed by atoms with van der Waals surface area (Å²) in [5.41, 5.74) is 2.06. The van der Waals surface area contributed by atoms with E-state index in [1.54, 1.807) is 0 Å². The van der Waals surface area contributed by atoms with Crippen molar-refractivity contribution >= 4 is 5.91 Å². The molecule has 25 heavy (non-hydrogen) atoms. The number of carbonyl (C=O) groups is 1. The number of aromatic nitrogens is 2. The van der Waals surface area contributed by atoms with Crippen LogP contribution in [-0.4, -0.2) is 52.5 Å². The van der Waals surface area contributed by atoms with Gasteiger partial charge in [0, 0.05) is 19.6 Å². The Morgan fingerprint density at radius 2 is 2.00 bits per heavy atom. The number of aryl methyl sites for hydroxylation is 2. The van der Waals surface area contributed by atoms with E-state index < -0.39 is 0 Å². The lowest BCUT2D eigenvalue weighted by atomic mass is 9.90. The molecule has 132 valence electrons. The van der Waals surface area contributed by atoms with E-state index in [-0.39, 0.29) is 17.4 Å². The molecule has 4 rings (SSSR count). The largest absolute Gasteiger partial charge is 0.339 e. The number of carbonyl (C=O) groups excluding carboxylic acids is 1. The first-order chi connectivity index (χ1) is 12.0. The molecule has 1 aliphatic heterocycles. The summed E-state index contributed by atoms with van der Waals surface area (Å²) in [7, 11) is 2.04. The molecule has 0 N–H and O–H groups in total. The van der Waals surface area contributed by atoms with Crippen LogP contribution in [0.2, 0.25) is 0 Å². The number of hydrogen-bond donors (Lipinski definition) is 0. The van der Waals surface area contributed by atoms with Crippen molar-refractivity contribution in [2.75, 3.05) is 26.7 Å². The number of rotatable bonds is 3. The van der Waals surface area contributed by atoms with Crippen LogP contribution in [0.15, 0.2) is 28.8 Å². The SMILES string of the molecule is Cc1noc(C2CN(C(=O)C3(c4ccccc4C)CC3)CCN2C)n1.